The highest BCUT2D eigenvalue weighted by Crippen LogP contribution is 2.28. The van der Waals surface area contributed by atoms with Crippen LogP contribution in [0, 0.1) is 10.1 Å². The van der Waals surface area contributed by atoms with Crippen LogP contribution in [0.3, 0.4) is 0 Å². The molecule has 0 saturated heterocycles. The number of hydrogen-bond acceptors (Lipinski definition) is 7. The number of non-ortho nitro benzene ring substituents is 1. The fraction of sp³-hybridized carbons (Fsp3) is 0.417. The first-order chi connectivity index (χ1) is 9.40. The quantitative estimate of drug-likeness (QED) is 0.445. The molecule has 20 heavy (non-hydrogen) atoms. The average Bonchev–Trinajstić information content (AvgIpc) is 2.45. The fourth-order valence-electron chi connectivity index (χ4n) is 1.54. The standard InChI is InChI=1S/C12H15NO7/c1-3-20-12(16)11(15)10(14)7-4-8(13(17)18)6-9(5-7)19-2/h4-6,10-11,14-15H,3H2,1-2H3. The number of nitro benzene ring substituents is 1. The topological polar surface area (TPSA) is 119 Å². The predicted molar refractivity (Wildman–Crippen MR) is 67.2 cm³/mol. The van der Waals surface area contributed by atoms with Gasteiger partial charge in [0.1, 0.15) is 11.9 Å². The lowest BCUT2D eigenvalue weighted by molar-refractivity contribution is -0.385. The summed E-state index contributed by atoms with van der Waals surface area (Å²) in [6.07, 6.45) is -3.48. The summed E-state index contributed by atoms with van der Waals surface area (Å²) >= 11 is 0. The average molecular weight is 285 g/mol. The molecule has 8 nitrogen and oxygen atoms in total. The van der Waals surface area contributed by atoms with Gasteiger partial charge in [-0.15, -0.1) is 0 Å². The van der Waals surface area contributed by atoms with Crippen molar-refractivity contribution >= 4 is 11.7 Å². The predicted octanol–water partition coefficient (Wildman–Crippen LogP) is 0.561. The maximum atomic E-state index is 11.3. The maximum Gasteiger partial charge on any atom is 0.338 e. The molecular formula is C12H15NO7. The SMILES string of the molecule is CCOC(=O)C(O)C(O)c1cc(OC)cc([N+](=O)[O-])c1. The van der Waals surface area contributed by atoms with Crippen LogP contribution in [0.1, 0.15) is 18.6 Å². The molecule has 8 heteroatoms. The van der Waals surface area contributed by atoms with Crippen LogP contribution < -0.4 is 4.74 Å². The molecule has 2 atom stereocenters. The van der Waals surface area contributed by atoms with Crippen molar-refractivity contribution in [2.45, 2.75) is 19.1 Å². The molecule has 0 heterocycles. The Balaban J connectivity index is 3.08. The van der Waals surface area contributed by atoms with Crippen molar-refractivity contribution < 1.29 is 29.4 Å². The number of carbonyl (C=O) groups is 1. The van der Waals surface area contributed by atoms with Crippen LogP contribution in [-0.2, 0) is 9.53 Å². The Morgan fingerprint density at radius 3 is 2.55 bits per heavy atom. The second-order valence-electron chi connectivity index (χ2n) is 3.86. The van der Waals surface area contributed by atoms with Crippen molar-refractivity contribution in [3.05, 3.63) is 33.9 Å². The summed E-state index contributed by atoms with van der Waals surface area (Å²) in [6.45, 7) is 1.59. The van der Waals surface area contributed by atoms with Gasteiger partial charge in [-0.05, 0) is 18.6 Å². The Morgan fingerprint density at radius 1 is 1.40 bits per heavy atom. The zero-order valence-electron chi connectivity index (χ0n) is 11.0. The lowest BCUT2D eigenvalue weighted by atomic mass is 10.0. The molecule has 0 aliphatic carbocycles. The Kier molecular flexibility index (Phi) is 5.42. The Labute approximate surface area is 114 Å². The van der Waals surface area contributed by atoms with Gasteiger partial charge in [-0.1, -0.05) is 0 Å². The third-order valence-electron chi connectivity index (χ3n) is 2.53. The molecule has 0 aromatic heterocycles. The second-order valence-corrected chi connectivity index (χ2v) is 3.86. The molecule has 0 bridgehead atoms. The molecule has 0 spiro atoms. The van der Waals surface area contributed by atoms with Gasteiger partial charge in [0.15, 0.2) is 6.10 Å². The largest absolute Gasteiger partial charge is 0.496 e. The second kappa shape index (κ2) is 6.83. The van der Waals surface area contributed by atoms with Gasteiger partial charge >= 0.3 is 5.97 Å². The number of aliphatic hydroxyl groups is 2. The molecule has 0 aliphatic heterocycles. The van der Waals surface area contributed by atoms with Crippen LogP contribution in [0.5, 0.6) is 5.75 Å². The number of methoxy groups -OCH3 is 1. The van der Waals surface area contributed by atoms with Crippen molar-refractivity contribution in [2.75, 3.05) is 13.7 Å². The van der Waals surface area contributed by atoms with E-state index < -0.39 is 23.1 Å². The molecule has 2 N–H and O–H groups in total. The normalized spacial score (nSPS) is 13.4. The van der Waals surface area contributed by atoms with Crippen LogP contribution in [0.25, 0.3) is 0 Å². The summed E-state index contributed by atoms with van der Waals surface area (Å²) in [5, 5.41) is 30.3. The number of carbonyl (C=O) groups excluding carboxylic acids is 1. The molecule has 0 radical (unpaired) electrons. The minimum Gasteiger partial charge on any atom is -0.496 e. The number of hydrogen-bond donors (Lipinski definition) is 2. The minimum absolute atomic E-state index is 0.0170. The van der Waals surface area contributed by atoms with Crippen LogP contribution in [0.4, 0.5) is 5.69 Å². The van der Waals surface area contributed by atoms with Gasteiger partial charge in [-0.2, -0.15) is 0 Å². The lowest BCUT2D eigenvalue weighted by Crippen LogP contribution is -2.29. The highest BCUT2D eigenvalue weighted by molar-refractivity contribution is 5.75. The Hall–Kier alpha value is -2.19. The summed E-state index contributed by atoms with van der Waals surface area (Å²) < 4.78 is 9.44. The van der Waals surface area contributed by atoms with Gasteiger partial charge in [0.05, 0.1) is 24.7 Å². The van der Waals surface area contributed by atoms with Gasteiger partial charge in [0.25, 0.3) is 5.69 Å². The molecule has 0 aliphatic rings. The summed E-state index contributed by atoms with van der Waals surface area (Å²) in [5.41, 5.74) is -0.342. The van der Waals surface area contributed by atoms with E-state index in [4.69, 9.17) is 4.74 Å². The van der Waals surface area contributed by atoms with E-state index >= 15 is 0 Å². The first-order valence-corrected chi connectivity index (χ1v) is 5.76. The number of nitro groups is 1. The van der Waals surface area contributed by atoms with Gasteiger partial charge in [0, 0.05) is 6.07 Å². The first-order valence-electron chi connectivity index (χ1n) is 5.76. The number of aliphatic hydroxyl groups excluding tert-OH is 2. The molecule has 110 valence electrons. The summed E-state index contributed by atoms with van der Waals surface area (Å²) in [5.74, 6) is -0.880. The van der Waals surface area contributed by atoms with Crippen molar-refractivity contribution in [3.8, 4) is 5.75 Å². The van der Waals surface area contributed by atoms with E-state index in [1.54, 1.807) is 6.92 Å². The minimum atomic E-state index is -1.83. The number of esters is 1. The first kappa shape index (κ1) is 15.9. The van der Waals surface area contributed by atoms with E-state index in [1.807, 2.05) is 0 Å². The molecule has 1 aromatic carbocycles. The fourth-order valence-corrected chi connectivity index (χ4v) is 1.54. The van der Waals surface area contributed by atoms with Crippen LogP contribution in [0.2, 0.25) is 0 Å². The van der Waals surface area contributed by atoms with E-state index in [0.29, 0.717) is 0 Å². The molecule has 0 fully saturated rings. The number of nitrogens with zero attached hydrogens (tertiary/aromatic N) is 1. The highest BCUT2D eigenvalue weighted by atomic mass is 16.6. The zero-order valence-corrected chi connectivity index (χ0v) is 11.0. The van der Waals surface area contributed by atoms with Crippen LogP contribution in [0.15, 0.2) is 18.2 Å². The van der Waals surface area contributed by atoms with E-state index in [9.17, 15) is 25.1 Å². The monoisotopic (exact) mass is 285 g/mol. The third-order valence-corrected chi connectivity index (χ3v) is 2.53. The lowest BCUT2D eigenvalue weighted by Gasteiger charge is -2.17. The van der Waals surface area contributed by atoms with E-state index in [0.717, 1.165) is 12.1 Å². The summed E-state index contributed by atoms with van der Waals surface area (Å²) in [6, 6.07) is 3.50. The van der Waals surface area contributed by atoms with E-state index in [1.165, 1.54) is 13.2 Å². The summed E-state index contributed by atoms with van der Waals surface area (Å²) in [4.78, 5) is 21.4. The van der Waals surface area contributed by atoms with Gasteiger partial charge in [-0.25, -0.2) is 4.79 Å². The Morgan fingerprint density at radius 2 is 2.05 bits per heavy atom. The van der Waals surface area contributed by atoms with Crippen molar-refractivity contribution in [2.24, 2.45) is 0 Å². The van der Waals surface area contributed by atoms with Crippen molar-refractivity contribution in [3.63, 3.8) is 0 Å². The van der Waals surface area contributed by atoms with Gasteiger partial charge < -0.3 is 19.7 Å². The molecule has 0 amide bonds. The molecule has 0 saturated carbocycles. The summed E-state index contributed by atoms with van der Waals surface area (Å²) in [7, 11) is 1.30. The van der Waals surface area contributed by atoms with Gasteiger partial charge in [0.2, 0.25) is 0 Å². The van der Waals surface area contributed by atoms with Crippen LogP contribution >= 0.6 is 0 Å². The van der Waals surface area contributed by atoms with Crippen LogP contribution in [-0.4, -0.2) is 40.9 Å². The van der Waals surface area contributed by atoms with E-state index in [2.05, 4.69) is 4.74 Å². The van der Waals surface area contributed by atoms with Crippen molar-refractivity contribution in [1.82, 2.24) is 0 Å². The third kappa shape index (κ3) is 3.65. The van der Waals surface area contributed by atoms with Crippen molar-refractivity contribution in [1.29, 1.82) is 0 Å². The number of benzene rings is 1. The maximum absolute atomic E-state index is 11.3. The zero-order chi connectivity index (χ0) is 15.3. The molecule has 1 aromatic rings. The number of ether oxygens (including phenoxy) is 2. The number of rotatable bonds is 6. The molecular weight excluding hydrogens is 270 g/mol. The smallest absolute Gasteiger partial charge is 0.338 e. The highest BCUT2D eigenvalue weighted by Gasteiger charge is 2.28. The van der Waals surface area contributed by atoms with Gasteiger partial charge in [-0.3, -0.25) is 10.1 Å². The van der Waals surface area contributed by atoms with E-state index in [-0.39, 0.29) is 23.6 Å². The molecule has 2 unspecified atom stereocenters. The molecule has 1 rings (SSSR count). The Bertz CT molecular complexity index is 503.